The van der Waals surface area contributed by atoms with Crippen molar-refractivity contribution < 1.29 is 0 Å². The number of hydrogen-bond acceptors (Lipinski definition) is 3. The molecule has 0 bridgehead atoms. The van der Waals surface area contributed by atoms with E-state index in [1.165, 1.54) is 27.8 Å². The molecule has 1 heterocycles. The molecule has 2 aliphatic carbocycles. The number of aryl methyl sites for hydroxylation is 1. The van der Waals surface area contributed by atoms with E-state index in [1.54, 1.807) is 5.57 Å². The molecular weight excluding hydrogens is 414 g/mol. The largest absolute Gasteiger partial charge is 0.213 e. The summed E-state index contributed by atoms with van der Waals surface area (Å²) in [7, 11) is 0. The Hall–Kier alpha value is -3.85. The van der Waals surface area contributed by atoms with Crippen LogP contribution in [0.2, 0.25) is 0 Å². The monoisotopic (exact) mass is 441 g/mol. The number of nitrogens with zero attached hydrogens (tertiary/aromatic N) is 3. The van der Waals surface area contributed by atoms with Crippen LogP contribution < -0.4 is 0 Å². The molecule has 0 unspecified atom stereocenters. The van der Waals surface area contributed by atoms with E-state index in [-0.39, 0.29) is 5.41 Å². The molecule has 3 aromatic carbocycles. The third-order valence-electron chi connectivity index (χ3n) is 7.16. The van der Waals surface area contributed by atoms with Crippen LogP contribution in [0.15, 0.2) is 90.5 Å². The second kappa shape index (κ2) is 7.88. The first-order chi connectivity index (χ1) is 16.5. The maximum atomic E-state index is 4.89. The predicted octanol–water partition coefficient (Wildman–Crippen LogP) is 7.58. The van der Waals surface area contributed by atoms with Gasteiger partial charge in [-0.2, -0.15) is 0 Å². The predicted molar refractivity (Wildman–Crippen MR) is 139 cm³/mol. The zero-order valence-electron chi connectivity index (χ0n) is 19.8. The fourth-order valence-corrected chi connectivity index (χ4v) is 5.35. The highest BCUT2D eigenvalue weighted by molar-refractivity contribution is 5.87. The fraction of sp³-hybridized carbons (Fsp3) is 0.194. The van der Waals surface area contributed by atoms with Crippen LogP contribution in [0, 0.1) is 6.92 Å². The maximum absolute atomic E-state index is 4.89. The Morgan fingerprint density at radius 2 is 1.35 bits per heavy atom. The van der Waals surface area contributed by atoms with Crippen LogP contribution in [0.5, 0.6) is 0 Å². The molecule has 0 radical (unpaired) electrons. The molecule has 2 aliphatic rings. The minimum atomic E-state index is 0.0314. The van der Waals surface area contributed by atoms with Crippen molar-refractivity contribution in [2.24, 2.45) is 0 Å². The highest BCUT2D eigenvalue weighted by Gasteiger charge is 2.37. The van der Waals surface area contributed by atoms with Gasteiger partial charge in [-0.05, 0) is 53.7 Å². The molecule has 3 nitrogen and oxygen atoms in total. The summed E-state index contributed by atoms with van der Waals surface area (Å²) in [5.41, 5.74) is 10.1. The zero-order valence-corrected chi connectivity index (χ0v) is 19.8. The molecule has 0 saturated carbocycles. The van der Waals surface area contributed by atoms with Crippen molar-refractivity contribution in [1.29, 1.82) is 0 Å². The Balaban J connectivity index is 1.38. The Bertz CT molecular complexity index is 1460. The van der Waals surface area contributed by atoms with Gasteiger partial charge >= 0.3 is 0 Å². The van der Waals surface area contributed by atoms with Gasteiger partial charge in [-0.3, -0.25) is 0 Å². The topological polar surface area (TPSA) is 38.7 Å². The van der Waals surface area contributed by atoms with E-state index < -0.39 is 0 Å². The van der Waals surface area contributed by atoms with Crippen LogP contribution >= 0.6 is 0 Å². The van der Waals surface area contributed by atoms with Crippen LogP contribution in [0.25, 0.3) is 39.5 Å². The number of benzene rings is 3. The first kappa shape index (κ1) is 20.7. The van der Waals surface area contributed by atoms with E-state index in [4.69, 9.17) is 9.97 Å². The molecule has 0 fully saturated rings. The lowest BCUT2D eigenvalue weighted by Crippen LogP contribution is -2.17. The van der Waals surface area contributed by atoms with Crippen LogP contribution in [0.1, 0.15) is 43.6 Å². The first-order valence-corrected chi connectivity index (χ1v) is 11.9. The quantitative estimate of drug-likeness (QED) is 0.329. The number of rotatable bonds is 3. The highest BCUT2D eigenvalue weighted by atomic mass is 15.0. The van der Waals surface area contributed by atoms with Crippen molar-refractivity contribution in [3.8, 4) is 33.9 Å². The molecule has 0 amide bonds. The SMILES string of the molecule is Cc1nc(-c2ccc(-c3ccccc3)cc2)nc(-c2ccc3c(c2)C(C)(C)C2=C3C=CCC2)n1. The third kappa shape index (κ3) is 3.40. The van der Waals surface area contributed by atoms with E-state index in [0.29, 0.717) is 5.82 Å². The van der Waals surface area contributed by atoms with Gasteiger partial charge in [0, 0.05) is 16.5 Å². The summed E-state index contributed by atoms with van der Waals surface area (Å²) >= 11 is 0. The maximum Gasteiger partial charge on any atom is 0.163 e. The van der Waals surface area contributed by atoms with Crippen molar-refractivity contribution >= 4 is 5.57 Å². The second-order valence-corrected chi connectivity index (χ2v) is 9.69. The van der Waals surface area contributed by atoms with Crippen LogP contribution in [-0.2, 0) is 5.41 Å². The molecule has 34 heavy (non-hydrogen) atoms. The van der Waals surface area contributed by atoms with E-state index in [2.05, 4.69) is 97.7 Å². The summed E-state index contributed by atoms with van der Waals surface area (Å²) in [5, 5.41) is 0. The molecule has 0 spiro atoms. The number of hydrogen-bond donors (Lipinski definition) is 0. The molecule has 0 N–H and O–H groups in total. The first-order valence-electron chi connectivity index (χ1n) is 11.9. The summed E-state index contributed by atoms with van der Waals surface area (Å²) in [4.78, 5) is 14.3. The van der Waals surface area contributed by atoms with Crippen molar-refractivity contribution in [2.45, 2.75) is 39.0 Å². The zero-order chi connectivity index (χ0) is 23.3. The van der Waals surface area contributed by atoms with Crippen LogP contribution in [-0.4, -0.2) is 15.0 Å². The van der Waals surface area contributed by atoms with Crippen molar-refractivity contribution in [3.63, 3.8) is 0 Å². The number of allylic oxidation sites excluding steroid dienone is 4. The third-order valence-corrected chi connectivity index (χ3v) is 7.16. The number of fused-ring (bicyclic) bond motifs is 2. The molecular formula is C31H27N3. The van der Waals surface area contributed by atoms with Gasteiger partial charge in [-0.15, -0.1) is 0 Å². The fourth-order valence-electron chi connectivity index (χ4n) is 5.35. The van der Waals surface area contributed by atoms with Gasteiger partial charge in [0.15, 0.2) is 11.6 Å². The normalized spacial score (nSPS) is 15.9. The molecule has 3 heteroatoms. The standard InChI is InChI=1S/C31H27N3/c1-20-32-29(23-15-13-22(14-16-23)21-9-5-4-6-10-21)34-30(33-20)24-17-18-26-25-11-7-8-12-27(25)31(2,3)28(26)19-24/h4-7,9-11,13-19H,8,12H2,1-3H3. The smallest absolute Gasteiger partial charge is 0.163 e. The summed E-state index contributed by atoms with van der Waals surface area (Å²) < 4.78 is 0. The van der Waals surface area contributed by atoms with E-state index in [1.807, 2.05) is 13.0 Å². The molecule has 0 aliphatic heterocycles. The second-order valence-electron chi connectivity index (χ2n) is 9.69. The molecule has 1 aromatic heterocycles. The average Bonchev–Trinajstić information content (AvgIpc) is 3.11. The van der Waals surface area contributed by atoms with Gasteiger partial charge < -0.3 is 0 Å². The summed E-state index contributed by atoms with van der Waals surface area (Å²) in [6, 6.07) is 25.5. The minimum Gasteiger partial charge on any atom is -0.213 e. The average molecular weight is 442 g/mol. The summed E-state index contributed by atoms with van der Waals surface area (Å²) in [6.07, 6.45) is 6.86. The minimum absolute atomic E-state index is 0.0314. The molecule has 166 valence electrons. The molecule has 0 atom stereocenters. The Labute approximate surface area is 201 Å². The van der Waals surface area contributed by atoms with Gasteiger partial charge in [-0.25, -0.2) is 15.0 Å². The van der Waals surface area contributed by atoms with Gasteiger partial charge in [0.25, 0.3) is 0 Å². The molecule has 0 saturated heterocycles. The van der Waals surface area contributed by atoms with Crippen molar-refractivity contribution in [1.82, 2.24) is 15.0 Å². The Kier molecular flexibility index (Phi) is 4.80. The molecule has 4 aromatic rings. The van der Waals surface area contributed by atoms with Crippen molar-refractivity contribution in [3.05, 3.63) is 107 Å². The number of aromatic nitrogens is 3. The van der Waals surface area contributed by atoms with Gasteiger partial charge in [0.1, 0.15) is 5.82 Å². The van der Waals surface area contributed by atoms with Gasteiger partial charge in [0.2, 0.25) is 0 Å². The van der Waals surface area contributed by atoms with E-state index >= 15 is 0 Å². The summed E-state index contributed by atoms with van der Waals surface area (Å²) in [6.45, 7) is 6.63. The Morgan fingerprint density at radius 3 is 2.12 bits per heavy atom. The lowest BCUT2D eigenvalue weighted by atomic mass is 9.78. The Morgan fingerprint density at radius 1 is 0.706 bits per heavy atom. The highest BCUT2D eigenvalue weighted by Crippen LogP contribution is 2.50. The van der Waals surface area contributed by atoms with Crippen LogP contribution in [0.4, 0.5) is 0 Å². The van der Waals surface area contributed by atoms with Crippen LogP contribution in [0.3, 0.4) is 0 Å². The lowest BCUT2D eigenvalue weighted by molar-refractivity contribution is 0.607. The van der Waals surface area contributed by atoms with Gasteiger partial charge in [0.05, 0.1) is 0 Å². The van der Waals surface area contributed by atoms with E-state index in [0.717, 1.165) is 35.6 Å². The van der Waals surface area contributed by atoms with Gasteiger partial charge in [-0.1, -0.05) is 98.3 Å². The van der Waals surface area contributed by atoms with Crippen molar-refractivity contribution in [2.75, 3.05) is 0 Å². The lowest BCUT2D eigenvalue weighted by Gasteiger charge is -2.25. The summed E-state index contributed by atoms with van der Waals surface area (Å²) in [5.74, 6) is 2.17. The van der Waals surface area contributed by atoms with E-state index in [9.17, 15) is 0 Å². The molecule has 6 rings (SSSR count).